The minimum Gasteiger partial charge on any atom is -0.429 e. The maximum atomic E-state index is 14.7. The molecule has 0 saturated carbocycles. The lowest BCUT2D eigenvalue weighted by molar-refractivity contribution is -0.185. The van der Waals surface area contributed by atoms with Crippen molar-refractivity contribution in [1.82, 2.24) is 0 Å². The smallest absolute Gasteiger partial charge is 0.426 e. The summed E-state index contributed by atoms with van der Waals surface area (Å²) < 4.78 is 103. The van der Waals surface area contributed by atoms with Gasteiger partial charge in [-0.25, -0.2) is 22.0 Å². The van der Waals surface area contributed by atoms with E-state index in [0.717, 1.165) is 18.6 Å². The summed E-state index contributed by atoms with van der Waals surface area (Å²) in [6.07, 6.45) is -2.29. The number of benzene rings is 3. The van der Waals surface area contributed by atoms with Crippen LogP contribution in [0.4, 0.5) is 30.7 Å². The van der Waals surface area contributed by atoms with E-state index in [1.165, 1.54) is 18.2 Å². The Kier molecular flexibility index (Phi) is 6.12. The molecule has 1 unspecified atom stereocenters. The van der Waals surface area contributed by atoms with Crippen molar-refractivity contribution >= 4 is 0 Å². The van der Waals surface area contributed by atoms with Crippen LogP contribution in [-0.2, 0) is 25.4 Å². The molecule has 1 nitrogen and oxygen atoms in total. The fourth-order valence-corrected chi connectivity index (χ4v) is 4.26. The molecule has 3 aromatic carbocycles. The quantitative estimate of drug-likeness (QED) is 0.272. The summed E-state index contributed by atoms with van der Waals surface area (Å²) in [5, 5.41) is 0. The minimum atomic E-state index is -3.98. The number of hydrogen-bond donors (Lipinski definition) is 0. The fourth-order valence-electron chi connectivity index (χ4n) is 4.26. The predicted molar refractivity (Wildman–Crippen MR) is 108 cm³/mol. The van der Waals surface area contributed by atoms with Crippen LogP contribution >= 0.6 is 0 Å². The largest absolute Gasteiger partial charge is 0.429 e. The van der Waals surface area contributed by atoms with Crippen molar-refractivity contribution in [2.75, 3.05) is 0 Å². The Morgan fingerprint density at radius 1 is 0.818 bits per heavy atom. The molecule has 8 heteroatoms. The first-order valence-electron chi connectivity index (χ1n) is 10.4. The van der Waals surface area contributed by atoms with Gasteiger partial charge in [0.25, 0.3) is 0 Å². The molecule has 0 spiro atoms. The van der Waals surface area contributed by atoms with Crippen LogP contribution in [0.5, 0.6) is 5.75 Å². The van der Waals surface area contributed by atoms with Crippen LogP contribution in [-0.4, -0.2) is 0 Å². The molecule has 3 aromatic rings. The number of rotatable bonds is 6. The average Bonchev–Trinajstić information content (AvgIpc) is 3.14. The molecule has 0 amide bonds. The van der Waals surface area contributed by atoms with E-state index in [4.69, 9.17) is 0 Å². The van der Waals surface area contributed by atoms with E-state index in [-0.39, 0.29) is 18.4 Å². The number of hydrogen-bond acceptors (Lipinski definition) is 1. The number of aryl methyl sites for hydroxylation is 1. The van der Waals surface area contributed by atoms with Crippen LogP contribution in [0.2, 0.25) is 0 Å². The second-order valence-electron chi connectivity index (χ2n) is 8.13. The van der Waals surface area contributed by atoms with Crippen molar-refractivity contribution in [2.45, 2.75) is 44.6 Å². The summed E-state index contributed by atoms with van der Waals surface area (Å²) in [5.74, 6) is -7.88. The highest BCUT2D eigenvalue weighted by molar-refractivity contribution is 5.42. The second kappa shape index (κ2) is 8.72. The monoisotopic (exact) mass is 468 g/mol. The van der Waals surface area contributed by atoms with Gasteiger partial charge in [-0.1, -0.05) is 19.4 Å². The third kappa shape index (κ3) is 4.56. The predicted octanol–water partition coefficient (Wildman–Crippen LogP) is 7.35. The molecule has 0 N–H and O–H groups in total. The Bertz CT molecular complexity index is 1160. The first kappa shape index (κ1) is 23.1. The Morgan fingerprint density at radius 2 is 1.42 bits per heavy atom. The van der Waals surface area contributed by atoms with E-state index in [9.17, 15) is 30.7 Å². The summed E-state index contributed by atoms with van der Waals surface area (Å²) in [6, 6.07) is 6.89. The van der Waals surface area contributed by atoms with Crippen LogP contribution in [0.25, 0.3) is 0 Å². The SMILES string of the molecule is CCCc1cc(F)c(C2Cc3ccc(C(F)(F)Oc4cc(F)c(F)c(F)c4)cc3C2)c(F)c1. The van der Waals surface area contributed by atoms with Crippen LogP contribution < -0.4 is 4.74 Å². The highest BCUT2D eigenvalue weighted by atomic mass is 19.3. The molecule has 1 aliphatic carbocycles. The van der Waals surface area contributed by atoms with E-state index in [2.05, 4.69) is 4.74 Å². The van der Waals surface area contributed by atoms with Gasteiger partial charge in [0.2, 0.25) is 0 Å². The molecule has 1 atom stereocenters. The number of halogens is 7. The van der Waals surface area contributed by atoms with Gasteiger partial charge in [-0.05, 0) is 66.1 Å². The first-order chi connectivity index (χ1) is 15.6. The van der Waals surface area contributed by atoms with E-state index in [1.54, 1.807) is 0 Å². The summed E-state index contributed by atoms with van der Waals surface area (Å²) in [4.78, 5) is 0. The van der Waals surface area contributed by atoms with Gasteiger partial charge in [0.1, 0.15) is 17.4 Å². The third-order valence-corrected chi connectivity index (χ3v) is 5.76. The molecule has 0 radical (unpaired) electrons. The zero-order valence-electron chi connectivity index (χ0n) is 17.5. The highest BCUT2D eigenvalue weighted by Crippen LogP contribution is 2.40. The Hall–Kier alpha value is -3.03. The Labute approximate surface area is 185 Å². The van der Waals surface area contributed by atoms with Gasteiger partial charge in [-0.15, -0.1) is 0 Å². The highest BCUT2D eigenvalue weighted by Gasteiger charge is 2.37. The lowest BCUT2D eigenvalue weighted by atomic mass is 9.93. The van der Waals surface area contributed by atoms with Gasteiger partial charge >= 0.3 is 6.11 Å². The summed E-state index contributed by atoms with van der Waals surface area (Å²) in [6.45, 7) is 1.90. The molecule has 0 aliphatic heterocycles. The van der Waals surface area contributed by atoms with E-state index < -0.39 is 52.4 Å². The van der Waals surface area contributed by atoms with Crippen molar-refractivity contribution in [1.29, 1.82) is 0 Å². The molecule has 0 aromatic heterocycles. The zero-order valence-corrected chi connectivity index (χ0v) is 17.5. The van der Waals surface area contributed by atoms with Crippen molar-refractivity contribution < 1.29 is 35.5 Å². The molecular weight excluding hydrogens is 449 g/mol. The molecule has 0 heterocycles. The molecular formula is C25H19F7O. The van der Waals surface area contributed by atoms with Crippen molar-refractivity contribution in [2.24, 2.45) is 0 Å². The molecule has 174 valence electrons. The van der Waals surface area contributed by atoms with Crippen LogP contribution in [0.15, 0.2) is 42.5 Å². The number of alkyl halides is 2. The van der Waals surface area contributed by atoms with Crippen molar-refractivity contribution in [3.8, 4) is 5.75 Å². The van der Waals surface area contributed by atoms with Crippen molar-refractivity contribution in [3.05, 3.63) is 99.4 Å². The molecule has 1 aliphatic rings. The van der Waals surface area contributed by atoms with Gasteiger partial charge in [0, 0.05) is 17.7 Å². The summed E-state index contributed by atoms with van der Waals surface area (Å²) in [7, 11) is 0. The summed E-state index contributed by atoms with van der Waals surface area (Å²) in [5.41, 5.74) is 1.00. The van der Waals surface area contributed by atoms with Crippen molar-refractivity contribution in [3.63, 3.8) is 0 Å². The average molecular weight is 468 g/mol. The molecule has 0 fully saturated rings. The van der Waals surface area contributed by atoms with Gasteiger partial charge in [-0.2, -0.15) is 8.78 Å². The normalized spacial score (nSPS) is 15.6. The van der Waals surface area contributed by atoms with E-state index in [0.29, 0.717) is 35.2 Å². The molecule has 4 rings (SSSR count). The number of fused-ring (bicyclic) bond motifs is 1. The topological polar surface area (TPSA) is 9.23 Å². The maximum absolute atomic E-state index is 14.7. The lowest BCUT2D eigenvalue weighted by Crippen LogP contribution is -2.22. The van der Waals surface area contributed by atoms with Crippen LogP contribution in [0, 0.1) is 29.1 Å². The zero-order chi connectivity index (χ0) is 23.9. The van der Waals surface area contributed by atoms with E-state index >= 15 is 0 Å². The van der Waals surface area contributed by atoms with Gasteiger partial charge in [0.15, 0.2) is 17.5 Å². The first-order valence-corrected chi connectivity index (χ1v) is 10.4. The maximum Gasteiger partial charge on any atom is 0.426 e. The standard InChI is InChI=1S/C25H19F7O/c1-2-3-13-6-19(26)23(20(27)7-13)16-8-14-4-5-17(10-15(14)9-16)25(31,32)33-18-11-21(28)24(30)22(29)12-18/h4-7,10-12,16H,2-3,8-9H2,1H3. The van der Waals surface area contributed by atoms with Crippen LogP contribution in [0.1, 0.15) is 47.1 Å². The van der Waals surface area contributed by atoms with Gasteiger partial charge < -0.3 is 4.74 Å². The third-order valence-electron chi connectivity index (χ3n) is 5.76. The summed E-state index contributed by atoms with van der Waals surface area (Å²) >= 11 is 0. The van der Waals surface area contributed by atoms with E-state index in [1.807, 2.05) is 6.92 Å². The van der Waals surface area contributed by atoms with Gasteiger partial charge in [-0.3, -0.25) is 0 Å². The molecule has 0 saturated heterocycles. The molecule has 0 bridgehead atoms. The lowest BCUT2D eigenvalue weighted by Gasteiger charge is -2.19. The second-order valence-corrected chi connectivity index (χ2v) is 8.13. The molecule has 33 heavy (non-hydrogen) atoms. The Balaban J connectivity index is 1.58. The fraction of sp³-hybridized carbons (Fsp3) is 0.280. The van der Waals surface area contributed by atoms with Crippen LogP contribution in [0.3, 0.4) is 0 Å². The Morgan fingerprint density at radius 3 is 2.03 bits per heavy atom. The van der Waals surface area contributed by atoms with Gasteiger partial charge in [0.05, 0.1) is 5.56 Å². The minimum absolute atomic E-state index is 0.0760. The number of ether oxygens (including phenoxy) is 1.